The van der Waals surface area contributed by atoms with Crippen LogP contribution in [0.5, 0.6) is 0 Å². The molecule has 2 rings (SSSR count). The van der Waals surface area contributed by atoms with Gasteiger partial charge in [0.25, 0.3) is 0 Å². The number of amides is 1. The van der Waals surface area contributed by atoms with Gasteiger partial charge in [-0.3, -0.25) is 9.78 Å². The maximum atomic E-state index is 12.2. The van der Waals surface area contributed by atoms with Crippen LogP contribution >= 0.6 is 0 Å². The van der Waals surface area contributed by atoms with E-state index in [0.717, 1.165) is 12.0 Å². The lowest BCUT2D eigenvalue weighted by Gasteiger charge is -2.36. The molecule has 2 atom stereocenters. The van der Waals surface area contributed by atoms with Gasteiger partial charge < -0.3 is 10.0 Å². The average molecular weight is 276 g/mol. The third-order valence-electron chi connectivity index (χ3n) is 3.85. The number of carbonyl (C=O) groups is 2. The van der Waals surface area contributed by atoms with E-state index in [2.05, 4.69) is 4.98 Å². The minimum Gasteiger partial charge on any atom is -0.480 e. The summed E-state index contributed by atoms with van der Waals surface area (Å²) in [6.07, 6.45) is 5.80. The van der Waals surface area contributed by atoms with Crippen molar-refractivity contribution in [1.29, 1.82) is 0 Å². The number of carboxylic acid groups (broad SMARTS) is 1. The quantitative estimate of drug-likeness (QED) is 0.909. The summed E-state index contributed by atoms with van der Waals surface area (Å²) < 4.78 is 0. The van der Waals surface area contributed by atoms with Crippen molar-refractivity contribution >= 4 is 11.9 Å². The van der Waals surface area contributed by atoms with Crippen LogP contribution in [0.25, 0.3) is 0 Å². The van der Waals surface area contributed by atoms with Crippen molar-refractivity contribution in [3.8, 4) is 0 Å². The van der Waals surface area contributed by atoms with Crippen molar-refractivity contribution < 1.29 is 14.7 Å². The molecule has 1 aliphatic heterocycles. The van der Waals surface area contributed by atoms with Gasteiger partial charge in [-0.2, -0.15) is 0 Å². The van der Waals surface area contributed by atoms with Crippen molar-refractivity contribution in [2.24, 2.45) is 5.92 Å². The van der Waals surface area contributed by atoms with E-state index in [9.17, 15) is 14.7 Å². The number of hydrogen-bond donors (Lipinski definition) is 1. The molecule has 1 amide bonds. The molecular weight excluding hydrogens is 256 g/mol. The van der Waals surface area contributed by atoms with Gasteiger partial charge in [-0.05, 0) is 42.9 Å². The van der Waals surface area contributed by atoms with E-state index in [1.807, 2.05) is 19.1 Å². The normalized spacial score (nSPS) is 22.6. The first-order chi connectivity index (χ1) is 9.58. The zero-order valence-electron chi connectivity index (χ0n) is 11.7. The molecule has 5 heteroatoms. The van der Waals surface area contributed by atoms with Gasteiger partial charge in [0.05, 0.1) is 0 Å². The maximum absolute atomic E-state index is 12.2. The maximum Gasteiger partial charge on any atom is 0.326 e. The van der Waals surface area contributed by atoms with Crippen LogP contribution in [-0.4, -0.2) is 39.5 Å². The standard InChI is InChI=1S/C15H20N2O3/c1-11-6-9-17(13(10-11)15(19)20)14(18)3-2-12-4-7-16-8-5-12/h4-5,7-8,11,13H,2-3,6,9-10H2,1H3,(H,19,20). The number of pyridine rings is 1. The van der Waals surface area contributed by atoms with Crippen molar-refractivity contribution in [3.05, 3.63) is 30.1 Å². The Morgan fingerprint density at radius 1 is 1.40 bits per heavy atom. The summed E-state index contributed by atoms with van der Waals surface area (Å²) in [5.74, 6) is -0.602. The predicted octanol–water partition coefficient (Wildman–Crippen LogP) is 1.73. The summed E-state index contributed by atoms with van der Waals surface area (Å²) in [5, 5.41) is 9.26. The van der Waals surface area contributed by atoms with Crippen LogP contribution in [0.3, 0.4) is 0 Å². The van der Waals surface area contributed by atoms with Crippen molar-refractivity contribution in [1.82, 2.24) is 9.88 Å². The van der Waals surface area contributed by atoms with Crippen LogP contribution in [0, 0.1) is 5.92 Å². The van der Waals surface area contributed by atoms with Gasteiger partial charge in [0.2, 0.25) is 5.91 Å². The Morgan fingerprint density at radius 2 is 2.10 bits per heavy atom. The van der Waals surface area contributed by atoms with Crippen LogP contribution in [0.15, 0.2) is 24.5 Å². The molecule has 0 aliphatic carbocycles. The highest BCUT2D eigenvalue weighted by Crippen LogP contribution is 2.23. The Hall–Kier alpha value is -1.91. The van der Waals surface area contributed by atoms with Crippen LogP contribution in [0.4, 0.5) is 0 Å². The molecule has 5 nitrogen and oxygen atoms in total. The molecule has 1 fully saturated rings. The largest absolute Gasteiger partial charge is 0.480 e. The minimum absolute atomic E-state index is 0.0684. The van der Waals surface area contributed by atoms with E-state index in [1.54, 1.807) is 12.4 Å². The number of likely N-dealkylation sites (tertiary alicyclic amines) is 1. The summed E-state index contributed by atoms with van der Waals surface area (Å²) in [6, 6.07) is 3.09. The van der Waals surface area contributed by atoms with E-state index < -0.39 is 12.0 Å². The lowest BCUT2D eigenvalue weighted by molar-refractivity contribution is -0.153. The smallest absolute Gasteiger partial charge is 0.326 e. The highest BCUT2D eigenvalue weighted by molar-refractivity contribution is 5.84. The average Bonchev–Trinajstić information content (AvgIpc) is 2.45. The van der Waals surface area contributed by atoms with E-state index in [4.69, 9.17) is 0 Å². The fourth-order valence-electron chi connectivity index (χ4n) is 2.62. The van der Waals surface area contributed by atoms with Crippen molar-refractivity contribution in [2.75, 3.05) is 6.54 Å². The fourth-order valence-corrected chi connectivity index (χ4v) is 2.62. The first-order valence-corrected chi connectivity index (χ1v) is 6.99. The molecule has 0 bridgehead atoms. The van der Waals surface area contributed by atoms with Crippen molar-refractivity contribution in [2.45, 2.75) is 38.6 Å². The van der Waals surface area contributed by atoms with Crippen LogP contribution in [0.2, 0.25) is 0 Å². The molecule has 1 aliphatic rings. The monoisotopic (exact) mass is 276 g/mol. The Morgan fingerprint density at radius 3 is 2.75 bits per heavy atom. The number of rotatable bonds is 4. The van der Waals surface area contributed by atoms with Gasteiger partial charge >= 0.3 is 5.97 Å². The Balaban J connectivity index is 1.95. The molecule has 0 spiro atoms. The van der Waals surface area contributed by atoms with Gasteiger partial charge in [0.15, 0.2) is 0 Å². The number of carbonyl (C=O) groups excluding carboxylic acids is 1. The predicted molar refractivity (Wildman–Crippen MR) is 74.1 cm³/mol. The highest BCUT2D eigenvalue weighted by Gasteiger charge is 2.34. The zero-order chi connectivity index (χ0) is 14.5. The van der Waals surface area contributed by atoms with Gasteiger partial charge in [-0.25, -0.2) is 4.79 Å². The lowest BCUT2D eigenvalue weighted by atomic mass is 9.92. The molecule has 0 radical (unpaired) electrons. The second-order valence-corrected chi connectivity index (χ2v) is 5.43. The van der Waals surface area contributed by atoms with E-state index in [-0.39, 0.29) is 5.91 Å². The first-order valence-electron chi connectivity index (χ1n) is 6.99. The van der Waals surface area contributed by atoms with E-state index in [0.29, 0.717) is 31.7 Å². The molecule has 2 heterocycles. The third kappa shape index (κ3) is 3.56. The second-order valence-electron chi connectivity index (χ2n) is 5.43. The summed E-state index contributed by atoms with van der Waals surface area (Å²) in [6.45, 7) is 2.59. The SMILES string of the molecule is CC1CCN(C(=O)CCc2ccncc2)C(C(=O)O)C1. The Labute approximate surface area is 118 Å². The van der Waals surface area contributed by atoms with Gasteiger partial charge in [-0.1, -0.05) is 6.92 Å². The third-order valence-corrected chi connectivity index (χ3v) is 3.85. The topological polar surface area (TPSA) is 70.5 Å². The molecule has 108 valence electrons. The number of nitrogens with zero attached hydrogens (tertiary/aromatic N) is 2. The molecule has 1 aromatic heterocycles. The van der Waals surface area contributed by atoms with Gasteiger partial charge in [-0.15, -0.1) is 0 Å². The minimum atomic E-state index is -0.895. The number of aromatic nitrogens is 1. The molecule has 1 saturated heterocycles. The van der Waals surface area contributed by atoms with Crippen LogP contribution < -0.4 is 0 Å². The first kappa shape index (κ1) is 14.5. The van der Waals surface area contributed by atoms with Gasteiger partial charge in [0, 0.05) is 25.4 Å². The molecule has 20 heavy (non-hydrogen) atoms. The lowest BCUT2D eigenvalue weighted by Crippen LogP contribution is -2.49. The van der Waals surface area contributed by atoms with Gasteiger partial charge in [0.1, 0.15) is 6.04 Å². The molecule has 0 aromatic carbocycles. The molecule has 1 aromatic rings. The Kier molecular flexibility index (Phi) is 4.71. The molecule has 0 saturated carbocycles. The number of carboxylic acids is 1. The van der Waals surface area contributed by atoms with Crippen LogP contribution in [0.1, 0.15) is 31.7 Å². The molecular formula is C15H20N2O3. The van der Waals surface area contributed by atoms with Crippen LogP contribution in [-0.2, 0) is 16.0 Å². The number of piperidine rings is 1. The fraction of sp³-hybridized carbons (Fsp3) is 0.533. The number of hydrogen-bond acceptors (Lipinski definition) is 3. The number of aryl methyl sites for hydroxylation is 1. The zero-order valence-corrected chi connectivity index (χ0v) is 11.7. The van der Waals surface area contributed by atoms with E-state index >= 15 is 0 Å². The highest BCUT2D eigenvalue weighted by atomic mass is 16.4. The Bertz CT molecular complexity index is 475. The van der Waals surface area contributed by atoms with Crippen molar-refractivity contribution in [3.63, 3.8) is 0 Å². The summed E-state index contributed by atoms with van der Waals surface area (Å²) in [4.78, 5) is 29.0. The summed E-state index contributed by atoms with van der Waals surface area (Å²) in [7, 11) is 0. The van der Waals surface area contributed by atoms with E-state index in [1.165, 1.54) is 4.90 Å². The second kappa shape index (κ2) is 6.50. The summed E-state index contributed by atoms with van der Waals surface area (Å²) in [5.41, 5.74) is 1.05. The number of aliphatic carboxylic acids is 1. The summed E-state index contributed by atoms with van der Waals surface area (Å²) >= 11 is 0. The molecule has 2 unspecified atom stereocenters. The molecule has 1 N–H and O–H groups in total.